The normalized spacial score (nSPS) is 22.8. The Bertz CT molecular complexity index is 470. The average molecular weight is 251 g/mol. The second-order valence-corrected chi connectivity index (χ2v) is 4.77. The number of halogens is 1. The summed E-state index contributed by atoms with van der Waals surface area (Å²) < 4.78 is 0. The SMILES string of the molecule is Cc1ccc(Cl)c(NC(=O)C2C=CC(N)C2)c1. The number of carbonyl (C=O) groups excluding carboxylic acids is 1. The number of amides is 1. The van der Waals surface area contributed by atoms with Crippen molar-refractivity contribution in [2.45, 2.75) is 19.4 Å². The lowest BCUT2D eigenvalue weighted by Gasteiger charge is -2.12. The molecule has 0 saturated heterocycles. The van der Waals surface area contributed by atoms with Crippen LogP contribution in [0.4, 0.5) is 5.69 Å². The van der Waals surface area contributed by atoms with Crippen LogP contribution >= 0.6 is 11.6 Å². The van der Waals surface area contributed by atoms with Crippen molar-refractivity contribution in [1.29, 1.82) is 0 Å². The van der Waals surface area contributed by atoms with Crippen molar-refractivity contribution in [2.24, 2.45) is 11.7 Å². The molecule has 0 radical (unpaired) electrons. The zero-order valence-electron chi connectivity index (χ0n) is 9.61. The first-order chi connectivity index (χ1) is 8.06. The third-order valence-electron chi connectivity index (χ3n) is 2.83. The first-order valence-electron chi connectivity index (χ1n) is 5.57. The molecule has 4 heteroatoms. The molecule has 1 aliphatic carbocycles. The fourth-order valence-electron chi connectivity index (χ4n) is 1.88. The maximum absolute atomic E-state index is 11.9. The fraction of sp³-hybridized carbons (Fsp3) is 0.308. The Morgan fingerprint density at radius 1 is 1.47 bits per heavy atom. The summed E-state index contributed by atoms with van der Waals surface area (Å²) in [5.74, 6) is -0.205. The second kappa shape index (κ2) is 4.90. The van der Waals surface area contributed by atoms with Crippen LogP contribution in [0.3, 0.4) is 0 Å². The third kappa shape index (κ3) is 2.87. The number of hydrogen-bond acceptors (Lipinski definition) is 2. The summed E-state index contributed by atoms with van der Waals surface area (Å²) in [6, 6.07) is 5.53. The molecule has 2 rings (SSSR count). The van der Waals surface area contributed by atoms with Gasteiger partial charge in [0.1, 0.15) is 0 Å². The molecule has 0 fully saturated rings. The smallest absolute Gasteiger partial charge is 0.231 e. The van der Waals surface area contributed by atoms with Gasteiger partial charge >= 0.3 is 0 Å². The van der Waals surface area contributed by atoms with Gasteiger partial charge in [0.25, 0.3) is 0 Å². The highest BCUT2D eigenvalue weighted by molar-refractivity contribution is 6.33. The number of nitrogens with one attached hydrogen (secondary N) is 1. The van der Waals surface area contributed by atoms with Crippen LogP contribution in [0.5, 0.6) is 0 Å². The van der Waals surface area contributed by atoms with Crippen molar-refractivity contribution in [3.8, 4) is 0 Å². The van der Waals surface area contributed by atoms with E-state index in [1.165, 1.54) is 0 Å². The van der Waals surface area contributed by atoms with Gasteiger partial charge in [-0.25, -0.2) is 0 Å². The molecule has 0 saturated carbocycles. The molecule has 0 bridgehead atoms. The van der Waals surface area contributed by atoms with Crippen molar-refractivity contribution in [1.82, 2.24) is 0 Å². The van der Waals surface area contributed by atoms with Crippen LogP contribution in [0.15, 0.2) is 30.4 Å². The highest BCUT2D eigenvalue weighted by Crippen LogP contribution is 2.25. The number of nitrogens with two attached hydrogens (primary N) is 1. The van der Waals surface area contributed by atoms with Gasteiger partial charge in [-0.05, 0) is 31.0 Å². The van der Waals surface area contributed by atoms with Gasteiger partial charge in [-0.1, -0.05) is 29.8 Å². The Morgan fingerprint density at radius 2 is 2.24 bits per heavy atom. The van der Waals surface area contributed by atoms with Crippen molar-refractivity contribution in [3.05, 3.63) is 40.9 Å². The Hall–Kier alpha value is -1.32. The average Bonchev–Trinajstić information content (AvgIpc) is 2.70. The Kier molecular flexibility index (Phi) is 3.50. The molecule has 1 aromatic rings. The van der Waals surface area contributed by atoms with E-state index in [0.29, 0.717) is 17.1 Å². The maximum Gasteiger partial charge on any atom is 0.231 e. The fourth-order valence-corrected chi connectivity index (χ4v) is 2.05. The monoisotopic (exact) mass is 250 g/mol. The van der Waals surface area contributed by atoms with Crippen LogP contribution in [0, 0.1) is 12.8 Å². The lowest BCUT2D eigenvalue weighted by molar-refractivity contribution is -0.118. The van der Waals surface area contributed by atoms with E-state index in [1.807, 2.05) is 31.2 Å². The number of hydrogen-bond donors (Lipinski definition) is 2. The van der Waals surface area contributed by atoms with E-state index in [1.54, 1.807) is 6.07 Å². The van der Waals surface area contributed by atoms with Gasteiger partial charge in [-0.15, -0.1) is 0 Å². The largest absolute Gasteiger partial charge is 0.324 e. The molecule has 2 atom stereocenters. The summed E-state index contributed by atoms with van der Waals surface area (Å²) in [6.07, 6.45) is 4.38. The lowest BCUT2D eigenvalue weighted by Crippen LogP contribution is -2.24. The molecular formula is C13H15ClN2O. The van der Waals surface area contributed by atoms with E-state index >= 15 is 0 Å². The van der Waals surface area contributed by atoms with E-state index < -0.39 is 0 Å². The quantitative estimate of drug-likeness (QED) is 0.793. The second-order valence-electron chi connectivity index (χ2n) is 4.36. The van der Waals surface area contributed by atoms with E-state index in [0.717, 1.165) is 5.56 Å². The lowest BCUT2D eigenvalue weighted by atomic mass is 10.1. The van der Waals surface area contributed by atoms with Crippen LogP contribution in [-0.2, 0) is 4.79 Å². The molecule has 0 heterocycles. The van der Waals surface area contributed by atoms with Crippen molar-refractivity contribution < 1.29 is 4.79 Å². The summed E-state index contributed by atoms with van der Waals surface area (Å²) in [5.41, 5.74) is 7.43. The number of anilines is 1. The number of benzene rings is 1. The Labute approximate surface area is 106 Å². The summed E-state index contributed by atoms with van der Waals surface area (Å²) in [6.45, 7) is 1.96. The molecule has 0 aromatic heterocycles. The topological polar surface area (TPSA) is 55.1 Å². The molecule has 1 amide bonds. The molecule has 1 aromatic carbocycles. The summed E-state index contributed by atoms with van der Waals surface area (Å²) >= 11 is 6.02. The van der Waals surface area contributed by atoms with Crippen LogP contribution < -0.4 is 11.1 Å². The summed E-state index contributed by atoms with van der Waals surface area (Å²) in [4.78, 5) is 11.9. The standard InChI is InChI=1S/C13H15ClN2O/c1-8-2-5-11(14)12(6-8)16-13(17)9-3-4-10(15)7-9/h2-6,9-10H,7,15H2,1H3,(H,16,17). The van der Waals surface area contributed by atoms with Gasteiger partial charge in [0.15, 0.2) is 0 Å². The Morgan fingerprint density at radius 3 is 2.88 bits per heavy atom. The van der Waals surface area contributed by atoms with Crippen LogP contribution in [0.25, 0.3) is 0 Å². The van der Waals surface area contributed by atoms with Crippen molar-refractivity contribution in [3.63, 3.8) is 0 Å². The molecular weight excluding hydrogens is 236 g/mol. The van der Waals surface area contributed by atoms with Crippen LogP contribution in [0.1, 0.15) is 12.0 Å². The first kappa shape index (κ1) is 12.1. The number of rotatable bonds is 2. The zero-order chi connectivity index (χ0) is 12.4. The molecule has 3 N–H and O–H groups in total. The van der Waals surface area contributed by atoms with Crippen LogP contribution in [0.2, 0.25) is 5.02 Å². The van der Waals surface area contributed by atoms with Gasteiger partial charge in [-0.3, -0.25) is 4.79 Å². The minimum absolute atomic E-state index is 0.0151. The van der Waals surface area contributed by atoms with Gasteiger partial charge in [0.2, 0.25) is 5.91 Å². The predicted molar refractivity (Wildman–Crippen MR) is 70.0 cm³/mol. The van der Waals surface area contributed by atoms with E-state index in [4.69, 9.17) is 17.3 Å². The predicted octanol–water partition coefficient (Wildman–Crippen LogP) is 2.49. The molecule has 0 spiro atoms. The molecule has 2 unspecified atom stereocenters. The van der Waals surface area contributed by atoms with Crippen LogP contribution in [-0.4, -0.2) is 11.9 Å². The highest BCUT2D eigenvalue weighted by Gasteiger charge is 2.23. The summed E-state index contributed by atoms with van der Waals surface area (Å²) in [7, 11) is 0. The van der Waals surface area contributed by atoms with Gasteiger partial charge in [-0.2, -0.15) is 0 Å². The molecule has 90 valence electrons. The van der Waals surface area contributed by atoms with Crippen molar-refractivity contribution in [2.75, 3.05) is 5.32 Å². The Balaban J connectivity index is 2.08. The third-order valence-corrected chi connectivity index (χ3v) is 3.16. The molecule has 1 aliphatic rings. The molecule has 17 heavy (non-hydrogen) atoms. The minimum Gasteiger partial charge on any atom is -0.324 e. The zero-order valence-corrected chi connectivity index (χ0v) is 10.4. The molecule has 0 aliphatic heterocycles. The minimum atomic E-state index is -0.151. The van der Waals surface area contributed by atoms with E-state index in [9.17, 15) is 4.79 Å². The number of carbonyl (C=O) groups is 1. The van der Waals surface area contributed by atoms with Gasteiger partial charge in [0, 0.05) is 6.04 Å². The van der Waals surface area contributed by atoms with E-state index in [2.05, 4.69) is 5.32 Å². The van der Waals surface area contributed by atoms with Gasteiger partial charge in [0.05, 0.1) is 16.6 Å². The maximum atomic E-state index is 11.9. The first-order valence-corrected chi connectivity index (χ1v) is 5.95. The number of aryl methyl sites for hydroxylation is 1. The van der Waals surface area contributed by atoms with E-state index in [-0.39, 0.29) is 17.9 Å². The van der Waals surface area contributed by atoms with Gasteiger partial charge < -0.3 is 11.1 Å². The van der Waals surface area contributed by atoms with Crippen molar-refractivity contribution >= 4 is 23.2 Å². The highest BCUT2D eigenvalue weighted by atomic mass is 35.5. The molecule has 3 nitrogen and oxygen atoms in total. The summed E-state index contributed by atoms with van der Waals surface area (Å²) in [5, 5.41) is 3.39.